The van der Waals surface area contributed by atoms with E-state index in [9.17, 15) is 9.18 Å². The van der Waals surface area contributed by atoms with Gasteiger partial charge in [0.25, 0.3) is 0 Å². The van der Waals surface area contributed by atoms with Gasteiger partial charge in [-0.25, -0.2) is 14.4 Å². The first kappa shape index (κ1) is 18.6. The molecule has 1 aromatic carbocycles. The molecule has 0 aliphatic rings. The molecule has 0 fully saturated rings. The summed E-state index contributed by atoms with van der Waals surface area (Å²) in [5.74, 6) is 0.220. The fraction of sp³-hybridized carbons (Fsp3) is 0.136. The average molecular weight is 390 g/mol. The van der Waals surface area contributed by atoms with Gasteiger partial charge >= 0.3 is 0 Å². The minimum absolute atomic E-state index is 0.0839. The lowest BCUT2D eigenvalue weighted by atomic mass is 10.1. The van der Waals surface area contributed by atoms with E-state index in [4.69, 9.17) is 4.74 Å². The Morgan fingerprint density at radius 1 is 1.07 bits per heavy atom. The summed E-state index contributed by atoms with van der Waals surface area (Å²) in [6, 6.07) is 12.2. The summed E-state index contributed by atoms with van der Waals surface area (Å²) in [5.41, 5.74) is 4.23. The minimum Gasteiger partial charge on any atom is -0.494 e. The zero-order valence-corrected chi connectivity index (χ0v) is 16.0. The van der Waals surface area contributed by atoms with Gasteiger partial charge in [-0.05, 0) is 47.5 Å². The van der Waals surface area contributed by atoms with Crippen molar-refractivity contribution in [3.8, 4) is 28.1 Å². The maximum absolute atomic E-state index is 13.7. The molecule has 4 rings (SSSR count). The van der Waals surface area contributed by atoms with Crippen LogP contribution < -0.4 is 10.1 Å². The molecule has 6 nitrogen and oxygen atoms in total. The highest BCUT2D eigenvalue weighted by Crippen LogP contribution is 2.28. The van der Waals surface area contributed by atoms with Gasteiger partial charge in [-0.15, -0.1) is 0 Å². The fourth-order valence-corrected chi connectivity index (χ4v) is 3.05. The normalized spacial score (nSPS) is 10.9. The van der Waals surface area contributed by atoms with Crippen molar-refractivity contribution in [2.75, 3.05) is 12.4 Å². The van der Waals surface area contributed by atoms with Crippen molar-refractivity contribution in [3.05, 3.63) is 66.9 Å². The summed E-state index contributed by atoms with van der Waals surface area (Å²) < 4.78 is 20.8. The topological polar surface area (TPSA) is 68.5 Å². The predicted molar refractivity (Wildman–Crippen MR) is 109 cm³/mol. The molecule has 0 spiro atoms. The fourth-order valence-electron chi connectivity index (χ4n) is 3.05. The SMILES string of the molecule is CCC(=O)Nc1ccc(-c2cnc3ccc(-c4ccc(F)c(OC)c4)cn23)cn1. The number of hydrogen-bond donors (Lipinski definition) is 1. The molecule has 0 atom stereocenters. The second-order valence-corrected chi connectivity index (χ2v) is 6.47. The first-order valence-corrected chi connectivity index (χ1v) is 9.16. The lowest BCUT2D eigenvalue weighted by Gasteiger charge is -2.08. The van der Waals surface area contributed by atoms with Crippen molar-refractivity contribution in [2.45, 2.75) is 13.3 Å². The van der Waals surface area contributed by atoms with E-state index in [1.165, 1.54) is 13.2 Å². The van der Waals surface area contributed by atoms with Gasteiger partial charge in [0.15, 0.2) is 11.6 Å². The Balaban J connectivity index is 1.71. The van der Waals surface area contributed by atoms with Gasteiger partial charge in [-0.3, -0.25) is 9.20 Å². The van der Waals surface area contributed by atoms with Crippen LogP contribution in [0.2, 0.25) is 0 Å². The molecule has 29 heavy (non-hydrogen) atoms. The third kappa shape index (κ3) is 3.67. The first-order chi connectivity index (χ1) is 14.1. The largest absolute Gasteiger partial charge is 0.494 e. The van der Waals surface area contributed by atoms with E-state index in [-0.39, 0.29) is 11.7 Å². The molecule has 3 heterocycles. The molecule has 0 radical (unpaired) electrons. The van der Waals surface area contributed by atoms with Crippen molar-refractivity contribution in [3.63, 3.8) is 0 Å². The van der Waals surface area contributed by atoms with E-state index >= 15 is 0 Å². The van der Waals surface area contributed by atoms with Gasteiger partial charge in [0.2, 0.25) is 5.91 Å². The van der Waals surface area contributed by atoms with Crippen LogP contribution in [0.4, 0.5) is 10.2 Å². The number of nitrogens with one attached hydrogen (secondary N) is 1. The molecule has 0 bridgehead atoms. The molecule has 1 N–H and O–H groups in total. The van der Waals surface area contributed by atoms with Gasteiger partial charge in [-0.1, -0.05) is 13.0 Å². The van der Waals surface area contributed by atoms with E-state index in [0.29, 0.717) is 12.2 Å². The van der Waals surface area contributed by atoms with Gasteiger partial charge in [0, 0.05) is 24.4 Å². The Bertz CT molecular complexity index is 1190. The maximum atomic E-state index is 13.7. The number of ether oxygens (including phenoxy) is 1. The van der Waals surface area contributed by atoms with Crippen LogP contribution in [0, 0.1) is 5.82 Å². The predicted octanol–water partition coefficient (Wildman–Crippen LogP) is 4.56. The van der Waals surface area contributed by atoms with Crippen molar-refractivity contribution in [1.82, 2.24) is 14.4 Å². The zero-order chi connectivity index (χ0) is 20.4. The number of pyridine rings is 2. The van der Waals surface area contributed by atoms with E-state index in [0.717, 1.165) is 28.0 Å². The smallest absolute Gasteiger partial charge is 0.225 e. The van der Waals surface area contributed by atoms with Crippen molar-refractivity contribution in [1.29, 1.82) is 0 Å². The molecular formula is C22H19FN4O2. The molecule has 7 heteroatoms. The van der Waals surface area contributed by atoms with Gasteiger partial charge in [-0.2, -0.15) is 0 Å². The zero-order valence-electron chi connectivity index (χ0n) is 16.0. The Hall–Kier alpha value is -3.74. The maximum Gasteiger partial charge on any atom is 0.225 e. The van der Waals surface area contributed by atoms with Crippen LogP contribution >= 0.6 is 0 Å². The molecule has 0 saturated heterocycles. The number of fused-ring (bicyclic) bond motifs is 1. The number of methoxy groups -OCH3 is 1. The Labute approximate surface area is 167 Å². The first-order valence-electron chi connectivity index (χ1n) is 9.16. The Morgan fingerprint density at radius 3 is 2.59 bits per heavy atom. The van der Waals surface area contributed by atoms with Crippen LogP contribution in [0.1, 0.15) is 13.3 Å². The highest BCUT2D eigenvalue weighted by Gasteiger charge is 2.10. The van der Waals surface area contributed by atoms with Crippen molar-refractivity contribution in [2.24, 2.45) is 0 Å². The van der Waals surface area contributed by atoms with Crippen LogP contribution in [0.15, 0.2) is 61.1 Å². The highest BCUT2D eigenvalue weighted by molar-refractivity contribution is 5.89. The molecule has 1 amide bonds. The van der Waals surface area contributed by atoms with E-state index in [1.54, 1.807) is 37.5 Å². The summed E-state index contributed by atoms with van der Waals surface area (Å²) >= 11 is 0. The number of carbonyl (C=O) groups excluding carboxylic acids is 1. The molecule has 0 unspecified atom stereocenters. The number of rotatable bonds is 5. The summed E-state index contributed by atoms with van der Waals surface area (Å²) in [6.45, 7) is 1.79. The number of halogens is 1. The minimum atomic E-state index is -0.401. The number of hydrogen-bond acceptors (Lipinski definition) is 4. The van der Waals surface area contributed by atoms with Crippen LogP contribution in [0.5, 0.6) is 5.75 Å². The van der Waals surface area contributed by atoms with Gasteiger partial charge in [0.1, 0.15) is 11.5 Å². The molecule has 0 aliphatic heterocycles. The summed E-state index contributed by atoms with van der Waals surface area (Å²) in [5, 5.41) is 2.73. The molecule has 0 saturated carbocycles. The number of aromatic nitrogens is 3. The third-order valence-electron chi connectivity index (χ3n) is 4.64. The molecule has 0 aliphatic carbocycles. The van der Waals surface area contributed by atoms with Crippen molar-refractivity contribution < 1.29 is 13.9 Å². The standard InChI is InChI=1S/C22H19FN4O2/c1-3-22(28)26-20-8-5-15(11-24-20)18-12-25-21-9-6-16(13-27(18)21)14-4-7-17(23)19(10-14)29-2/h4-13H,3H2,1-2H3,(H,24,26,28). The number of imidazole rings is 1. The molecule has 3 aromatic heterocycles. The Morgan fingerprint density at radius 2 is 1.86 bits per heavy atom. The second kappa shape index (κ2) is 7.71. The van der Waals surface area contributed by atoms with E-state index < -0.39 is 5.82 Å². The second-order valence-electron chi connectivity index (χ2n) is 6.47. The quantitative estimate of drug-likeness (QED) is 0.542. The lowest BCUT2D eigenvalue weighted by Crippen LogP contribution is -2.10. The number of benzene rings is 1. The summed E-state index contributed by atoms with van der Waals surface area (Å²) in [7, 11) is 1.44. The molecule has 146 valence electrons. The molecular weight excluding hydrogens is 371 g/mol. The monoisotopic (exact) mass is 390 g/mol. The van der Waals surface area contributed by atoms with Crippen LogP contribution in [-0.2, 0) is 4.79 Å². The van der Waals surface area contributed by atoms with Crippen LogP contribution in [0.25, 0.3) is 28.0 Å². The highest BCUT2D eigenvalue weighted by atomic mass is 19.1. The number of anilines is 1. The van der Waals surface area contributed by atoms with Gasteiger partial charge < -0.3 is 10.1 Å². The summed E-state index contributed by atoms with van der Waals surface area (Å²) in [6.07, 6.45) is 5.80. The Kier molecular flexibility index (Phi) is 4.95. The van der Waals surface area contributed by atoms with Gasteiger partial charge in [0.05, 0.1) is 19.0 Å². The molecule has 4 aromatic rings. The summed E-state index contributed by atoms with van der Waals surface area (Å²) in [4.78, 5) is 20.3. The number of carbonyl (C=O) groups is 1. The van der Waals surface area contributed by atoms with Crippen LogP contribution in [0.3, 0.4) is 0 Å². The van der Waals surface area contributed by atoms with Crippen LogP contribution in [-0.4, -0.2) is 27.4 Å². The number of nitrogens with zero attached hydrogens (tertiary/aromatic N) is 3. The van der Waals surface area contributed by atoms with E-state index in [1.807, 2.05) is 28.8 Å². The van der Waals surface area contributed by atoms with E-state index in [2.05, 4.69) is 15.3 Å². The van der Waals surface area contributed by atoms with Crippen molar-refractivity contribution >= 4 is 17.4 Å². The lowest BCUT2D eigenvalue weighted by molar-refractivity contribution is -0.115. The average Bonchev–Trinajstić information content (AvgIpc) is 3.18. The number of amides is 1. The third-order valence-corrected chi connectivity index (χ3v) is 4.64.